The van der Waals surface area contributed by atoms with Crippen LogP contribution in [-0.4, -0.2) is 11.2 Å². The third-order valence-corrected chi connectivity index (χ3v) is 1.06. The zero-order valence-corrected chi connectivity index (χ0v) is 5.22. The van der Waals surface area contributed by atoms with E-state index < -0.39 is 6.26 Å². The first-order valence-corrected chi connectivity index (χ1v) is 2.70. The van der Waals surface area contributed by atoms with Crippen LogP contribution in [0.15, 0.2) is 18.3 Å². The molecule has 0 amide bonds. The number of rotatable bonds is 1. The van der Waals surface area contributed by atoms with Crippen LogP contribution in [0.4, 0.5) is 0 Å². The molecule has 0 aromatic carbocycles. The SMILES string of the molecule is [2H]C(=O)c1cc(Cl)ccn1. The van der Waals surface area contributed by atoms with E-state index in [2.05, 4.69) is 4.98 Å². The van der Waals surface area contributed by atoms with Gasteiger partial charge >= 0.3 is 0 Å². The predicted octanol–water partition coefficient (Wildman–Crippen LogP) is 1.55. The van der Waals surface area contributed by atoms with E-state index in [1.807, 2.05) is 0 Å². The maximum atomic E-state index is 10.3. The van der Waals surface area contributed by atoms with Gasteiger partial charge in [-0.15, -0.1) is 0 Å². The molecule has 0 spiro atoms. The number of aromatic nitrogens is 1. The summed E-state index contributed by atoms with van der Waals surface area (Å²) in [4.78, 5) is 14.0. The molecule has 0 fully saturated rings. The maximum absolute atomic E-state index is 10.3. The van der Waals surface area contributed by atoms with Crippen LogP contribution in [0.2, 0.25) is 5.02 Å². The Balaban J connectivity index is 3.07. The monoisotopic (exact) mass is 142 g/mol. The lowest BCUT2D eigenvalue weighted by Crippen LogP contribution is -1.82. The van der Waals surface area contributed by atoms with Gasteiger partial charge in [0.25, 0.3) is 0 Å². The Morgan fingerprint density at radius 3 is 3.11 bits per heavy atom. The largest absolute Gasteiger partial charge is 0.296 e. The minimum atomic E-state index is -0.817. The molecule has 1 heterocycles. The summed E-state index contributed by atoms with van der Waals surface area (Å²) in [5.41, 5.74) is 0.0764. The molecule has 0 bridgehead atoms. The average molecular weight is 143 g/mol. The smallest absolute Gasteiger partial charge is 0.168 e. The van der Waals surface area contributed by atoms with E-state index >= 15 is 0 Å². The van der Waals surface area contributed by atoms with E-state index in [0.29, 0.717) is 5.02 Å². The highest BCUT2D eigenvalue weighted by Crippen LogP contribution is 2.05. The summed E-state index contributed by atoms with van der Waals surface area (Å²) in [6.07, 6.45) is 0.576. The van der Waals surface area contributed by atoms with Gasteiger partial charge in [-0.1, -0.05) is 11.6 Å². The summed E-state index contributed by atoms with van der Waals surface area (Å²) >= 11 is 5.51. The van der Waals surface area contributed by atoms with Crippen molar-refractivity contribution in [3.8, 4) is 0 Å². The van der Waals surface area contributed by atoms with Gasteiger partial charge in [-0.2, -0.15) is 0 Å². The molecule has 0 N–H and O–H groups in total. The first-order chi connectivity index (χ1) is 4.70. The van der Waals surface area contributed by atoms with E-state index in [1.165, 1.54) is 12.3 Å². The molecule has 0 aliphatic carbocycles. The molecule has 0 unspecified atom stereocenters. The van der Waals surface area contributed by atoms with Crippen molar-refractivity contribution < 1.29 is 6.17 Å². The van der Waals surface area contributed by atoms with Crippen LogP contribution in [0.1, 0.15) is 11.9 Å². The number of hydrogen-bond donors (Lipinski definition) is 0. The lowest BCUT2D eigenvalue weighted by molar-refractivity contribution is 0.111. The fourth-order valence-electron chi connectivity index (χ4n) is 0.461. The molecule has 1 rings (SSSR count). The van der Waals surface area contributed by atoms with Gasteiger partial charge in [0.05, 0.1) is 0 Å². The Hall–Kier alpha value is -0.890. The van der Waals surface area contributed by atoms with Gasteiger partial charge in [0.1, 0.15) is 7.06 Å². The Morgan fingerprint density at radius 2 is 2.67 bits per heavy atom. The van der Waals surface area contributed by atoms with Gasteiger partial charge in [-0.3, -0.25) is 9.78 Å². The third kappa shape index (κ3) is 1.50. The zero-order valence-electron chi connectivity index (χ0n) is 5.47. The van der Waals surface area contributed by atoms with E-state index in [4.69, 9.17) is 13.0 Å². The van der Waals surface area contributed by atoms with E-state index in [9.17, 15) is 4.79 Å². The Labute approximate surface area is 58.9 Å². The summed E-state index contributed by atoms with van der Waals surface area (Å²) in [6.45, 7) is 0. The molecule has 9 heavy (non-hydrogen) atoms. The number of halogens is 1. The summed E-state index contributed by atoms with van der Waals surface area (Å²) in [6, 6.07) is 2.91. The van der Waals surface area contributed by atoms with Gasteiger partial charge in [0.15, 0.2) is 6.26 Å². The van der Waals surface area contributed by atoms with Crippen LogP contribution in [0.25, 0.3) is 0 Å². The minimum absolute atomic E-state index is 0.0764. The molecule has 0 saturated carbocycles. The van der Waals surface area contributed by atoms with Crippen LogP contribution in [-0.2, 0) is 0 Å². The fraction of sp³-hybridized carbons (Fsp3) is 0. The highest BCUT2D eigenvalue weighted by atomic mass is 35.5. The number of carbonyl (C=O) groups excluding carboxylic acids is 1. The quantitative estimate of drug-likeness (QED) is 0.557. The average Bonchev–Trinajstić information content (AvgIpc) is 1.88. The number of carbonyl (C=O) groups is 1. The normalized spacial score (nSPS) is 10.6. The van der Waals surface area contributed by atoms with Crippen LogP contribution in [0.5, 0.6) is 0 Å². The summed E-state index contributed by atoms with van der Waals surface area (Å²) in [7, 11) is 0. The highest BCUT2D eigenvalue weighted by Gasteiger charge is 1.89. The predicted molar refractivity (Wildman–Crippen MR) is 34.6 cm³/mol. The summed E-state index contributed by atoms with van der Waals surface area (Å²) in [5, 5.41) is 0.422. The number of aldehydes is 1. The number of hydrogen-bond acceptors (Lipinski definition) is 2. The van der Waals surface area contributed by atoms with Crippen molar-refractivity contribution in [1.82, 2.24) is 4.98 Å². The second-order valence-electron chi connectivity index (χ2n) is 1.46. The van der Waals surface area contributed by atoms with Gasteiger partial charge < -0.3 is 0 Å². The van der Waals surface area contributed by atoms with Crippen LogP contribution >= 0.6 is 11.6 Å². The van der Waals surface area contributed by atoms with Crippen LogP contribution in [0, 0.1) is 0 Å². The van der Waals surface area contributed by atoms with E-state index in [-0.39, 0.29) is 5.69 Å². The molecule has 0 saturated heterocycles. The zero-order chi connectivity index (χ0) is 7.56. The molecule has 0 aliphatic rings. The fourth-order valence-corrected chi connectivity index (χ4v) is 0.620. The molecule has 1 aromatic rings. The van der Waals surface area contributed by atoms with Crippen molar-refractivity contribution >= 4 is 17.9 Å². The molecule has 2 nitrogen and oxygen atoms in total. The van der Waals surface area contributed by atoms with Crippen LogP contribution < -0.4 is 0 Å². The standard InChI is InChI=1S/C6H4ClNO/c7-5-1-2-8-6(3-5)4-9/h1-4H/i4D. The molecular weight excluding hydrogens is 138 g/mol. The van der Waals surface area contributed by atoms with Crippen molar-refractivity contribution in [2.45, 2.75) is 0 Å². The first kappa shape index (κ1) is 4.94. The van der Waals surface area contributed by atoms with E-state index in [1.54, 1.807) is 6.07 Å². The molecular formula is C6H4ClNO. The van der Waals surface area contributed by atoms with Crippen molar-refractivity contribution in [2.24, 2.45) is 0 Å². The van der Waals surface area contributed by atoms with E-state index in [0.717, 1.165) is 0 Å². The lowest BCUT2D eigenvalue weighted by Gasteiger charge is -1.87. The lowest BCUT2D eigenvalue weighted by atomic mass is 10.4. The van der Waals surface area contributed by atoms with Gasteiger partial charge in [0, 0.05) is 11.2 Å². The van der Waals surface area contributed by atoms with Gasteiger partial charge in [-0.25, -0.2) is 0 Å². The Morgan fingerprint density at radius 1 is 1.89 bits per heavy atom. The molecule has 1 aromatic heterocycles. The van der Waals surface area contributed by atoms with Gasteiger partial charge in [-0.05, 0) is 12.1 Å². The second-order valence-corrected chi connectivity index (χ2v) is 1.90. The minimum Gasteiger partial charge on any atom is -0.296 e. The third-order valence-electron chi connectivity index (χ3n) is 0.827. The second kappa shape index (κ2) is 2.60. The van der Waals surface area contributed by atoms with Gasteiger partial charge in [0.2, 0.25) is 0 Å². The van der Waals surface area contributed by atoms with Crippen LogP contribution in [0.3, 0.4) is 0 Å². The van der Waals surface area contributed by atoms with Crippen molar-refractivity contribution in [3.05, 3.63) is 29.0 Å². The van der Waals surface area contributed by atoms with Crippen molar-refractivity contribution in [2.75, 3.05) is 0 Å². The molecule has 0 radical (unpaired) electrons. The Bertz CT molecular complexity index is 264. The number of pyridine rings is 1. The number of nitrogens with zero attached hydrogens (tertiary/aromatic N) is 1. The summed E-state index contributed by atoms with van der Waals surface area (Å²) in [5.74, 6) is 0. The summed E-state index contributed by atoms with van der Waals surface area (Å²) < 4.78 is 6.66. The molecule has 0 aliphatic heterocycles. The molecule has 3 heteroatoms. The van der Waals surface area contributed by atoms with Crippen molar-refractivity contribution in [1.29, 1.82) is 0 Å². The van der Waals surface area contributed by atoms with Crippen molar-refractivity contribution in [3.63, 3.8) is 0 Å². The molecule has 0 atom stereocenters. The first-order valence-electron chi connectivity index (χ1n) is 2.82. The topological polar surface area (TPSA) is 30.0 Å². The molecule has 46 valence electrons. The highest BCUT2D eigenvalue weighted by molar-refractivity contribution is 6.30. The maximum Gasteiger partial charge on any atom is 0.168 e. The Kier molecular flexibility index (Phi) is 1.43.